The molecule has 5 heteroatoms. The molecule has 25 heavy (non-hydrogen) atoms. The van der Waals surface area contributed by atoms with Gasteiger partial charge in [0, 0.05) is 11.1 Å². The summed E-state index contributed by atoms with van der Waals surface area (Å²) in [6, 6.07) is 12.7. The minimum Gasteiger partial charge on any atom is -0.497 e. The third-order valence-electron chi connectivity index (χ3n) is 4.99. The predicted molar refractivity (Wildman–Crippen MR) is 98.9 cm³/mol. The lowest BCUT2D eigenvalue weighted by molar-refractivity contribution is 0.415. The van der Waals surface area contributed by atoms with Crippen LogP contribution in [0.5, 0.6) is 5.75 Å². The Labute approximate surface area is 148 Å². The van der Waals surface area contributed by atoms with Crippen molar-refractivity contribution in [2.24, 2.45) is 0 Å². The summed E-state index contributed by atoms with van der Waals surface area (Å²) in [5.41, 5.74) is 3.86. The Bertz CT molecular complexity index is 1050. The fourth-order valence-electron chi connectivity index (χ4n) is 3.70. The third-order valence-corrected chi connectivity index (χ3v) is 6.76. The smallest absolute Gasteiger partial charge is 0.268 e. The fraction of sp³-hybridized carbons (Fsp3) is 0.300. The topological polar surface area (TPSA) is 48.3 Å². The number of fused-ring (bicyclic) bond motifs is 3. The van der Waals surface area contributed by atoms with Gasteiger partial charge < -0.3 is 4.74 Å². The van der Waals surface area contributed by atoms with Gasteiger partial charge in [-0.15, -0.1) is 0 Å². The predicted octanol–water partition coefficient (Wildman–Crippen LogP) is 4.07. The van der Waals surface area contributed by atoms with Gasteiger partial charge in [-0.1, -0.05) is 17.7 Å². The molecule has 0 unspecified atom stereocenters. The van der Waals surface area contributed by atoms with Crippen LogP contribution in [0.1, 0.15) is 29.7 Å². The van der Waals surface area contributed by atoms with Crippen LogP contribution < -0.4 is 4.74 Å². The van der Waals surface area contributed by atoms with Gasteiger partial charge in [-0.05, 0) is 68.5 Å². The minimum atomic E-state index is -3.62. The maximum Gasteiger partial charge on any atom is 0.268 e. The van der Waals surface area contributed by atoms with Crippen LogP contribution in [-0.4, -0.2) is 19.5 Å². The Morgan fingerprint density at radius 2 is 1.72 bits per heavy atom. The molecule has 4 rings (SSSR count). The van der Waals surface area contributed by atoms with E-state index in [0.29, 0.717) is 4.90 Å². The molecule has 0 saturated heterocycles. The first-order valence-corrected chi connectivity index (χ1v) is 9.99. The van der Waals surface area contributed by atoms with Crippen molar-refractivity contribution in [3.05, 3.63) is 59.3 Å². The van der Waals surface area contributed by atoms with Crippen molar-refractivity contribution >= 4 is 20.9 Å². The van der Waals surface area contributed by atoms with E-state index in [4.69, 9.17) is 4.74 Å². The monoisotopic (exact) mass is 355 g/mol. The van der Waals surface area contributed by atoms with E-state index in [1.165, 1.54) is 0 Å². The summed E-state index contributed by atoms with van der Waals surface area (Å²) < 4.78 is 33.7. The first-order chi connectivity index (χ1) is 12.0. The van der Waals surface area contributed by atoms with Crippen molar-refractivity contribution in [3.63, 3.8) is 0 Å². The summed E-state index contributed by atoms with van der Waals surface area (Å²) in [5, 5.41) is 0.990. The minimum absolute atomic E-state index is 0.333. The highest BCUT2D eigenvalue weighted by molar-refractivity contribution is 7.90. The molecule has 3 aromatic rings. The van der Waals surface area contributed by atoms with E-state index < -0.39 is 10.0 Å². The van der Waals surface area contributed by atoms with E-state index in [9.17, 15) is 8.42 Å². The molecule has 130 valence electrons. The highest BCUT2D eigenvalue weighted by atomic mass is 32.2. The average Bonchev–Trinajstić information content (AvgIpc) is 2.96. The number of hydrogen-bond acceptors (Lipinski definition) is 3. The molecule has 0 atom stereocenters. The van der Waals surface area contributed by atoms with Gasteiger partial charge in [-0.25, -0.2) is 12.4 Å². The van der Waals surface area contributed by atoms with Gasteiger partial charge in [0.15, 0.2) is 0 Å². The molecule has 4 nitrogen and oxygen atoms in total. The molecule has 0 radical (unpaired) electrons. The number of benzene rings is 2. The number of nitrogens with zero attached hydrogens (tertiary/aromatic N) is 1. The molecule has 0 spiro atoms. The molecule has 2 aromatic carbocycles. The average molecular weight is 355 g/mol. The van der Waals surface area contributed by atoms with Gasteiger partial charge in [0.25, 0.3) is 10.0 Å². The number of methoxy groups -OCH3 is 1. The number of rotatable bonds is 3. The first kappa shape index (κ1) is 16.2. The second-order valence-corrected chi connectivity index (χ2v) is 8.38. The van der Waals surface area contributed by atoms with Crippen molar-refractivity contribution in [1.29, 1.82) is 0 Å². The Balaban J connectivity index is 2.02. The van der Waals surface area contributed by atoms with Gasteiger partial charge >= 0.3 is 0 Å². The molecule has 0 saturated carbocycles. The van der Waals surface area contributed by atoms with E-state index >= 15 is 0 Å². The molecule has 0 N–H and O–H groups in total. The van der Waals surface area contributed by atoms with Gasteiger partial charge in [0.05, 0.1) is 17.5 Å². The standard InChI is InChI=1S/C20H21NO3S/c1-14-7-10-16(11-8-14)25(22,23)21-19-6-4-3-5-17(19)18-13-15(24-2)9-12-20(18)21/h7-13H,3-6H2,1-2H3. The van der Waals surface area contributed by atoms with Gasteiger partial charge in [0.2, 0.25) is 0 Å². The van der Waals surface area contributed by atoms with E-state index in [0.717, 1.165) is 59.2 Å². The van der Waals surface area contributed by atoms with Crippen LogP contribution >= 0.6 is 0 Å². The van der Waals surface area contributed by atoms with E-state index in [-0.39, 0.29) is 0 Å². The molecule has 1 heterocycles. The van der Waals surface area contributed by atoms with Crippen molar-refractivity contribution in [2.45, 2.75) is 37.5 Å². The molecule has 1 aliphatic carbocycles. The van der Waals surface area contributed by atoms with Gasteiger partial charge in [-0.3, -0.25) is 0 Å². The van der Waals surface area contributed by atoms with Crippen molar-refractivity contribution in [3.8, 4) is 5.75 Å². The Morgan fingerprint density at radius 1 is 1.00 bits per heavy atom. The number of aryl methyl sites for hydroxylation is 2. The molecule has 1 aliphatic rings. The lowest BCUT2D eigenvalue weighted by atomic mass is 9.96. The highest BCUT2D eigenvalue weighted by Crippen LogP contribution is 2.36. The molecular weight excluding hydrogens is 334 g/mol. The lowest BCUT2D eigenvalue weighted by Crippen LogP contribution is -2.17. The van der Waals surface area contributed by atoms with Crippen LogP contribution in [0.2, 0.25) is 0 Å². The van der Waals surface area contributed by atoms with Crippen LogP contribution in [0, 0.1) is 6.92 Å². The third kappa shape index (κ3) is 2.54. The Hall–Kier alpha value is -2.27. The first-order valence-electron chi connectivity index (χ1n) is 8.55. The van der Waals surface area contributed by atoms with Crippen LogP contribution in [0.15, 0.2) is 47.4 Å². The van der Waals surface area contributed by atoms with Crippen molar-refractivity contribution in [1.82, 2.24) is 3.97 Å². The Morgan fingerprint density at radius 3 is 2.44 bits per heavy atom. The van der Waals surface area contributed by atoms with Crippen LogP contribution in [0.3, 0.4) is 0 Å². The SMILES string of the molecule is COc1ccc2c(c1)c1c(n2S(=O)(=O)c2ccc(C)cc2)CCCC1. The van der Waals surface area contributed by atoms with Gasteiger partial charge in [0.1, 0.15) is 5.75 Å². The van der Waals surface area contributed by atoms with Crippen LogP contribution in [0.4, 0.5) is 0 Å². The number of ether oxygens (including phenoxy) is 1. The summed E-state index contributed by atoms with van der Waals surface area (Å²) in [7, 11) is -1.99. The van der Waals surface area contributed by atoms with Gasteiger partial charge in [-0.2, -0.15) is 0 Å². The lowest BCUT2D eigenvalue weighted by Gasteiger charge is -2.16. The van der Waals surface area contributed by atoms with Crippen LogP contribution in [0.25, 0.3) is 10.9 Å². The maximum atomic E-state index is 13.4. The Kier molecular flexibility index (Phi) is 3.84. The zero-order valence-corrected chi connectivity index (χ0v) is 15.3. The van der Waals surface area contributed by atoms with Crippen LogP contribution in [-0.2, 0) is 22.9 Å². The second kappa shape index (κ2) is 5.92. The summed E-state index contributed by atoms with van der Waals surface area (Å²) in [6.45, 7) is 1.95. The quantitative estimate of drug-likeness (QED) is 0.711. The van der Waals surface area contributed by atoms with Crippen molar-refractivity contribution in [2.75, 3.05) is 7.11 Å². The number of hydrogen-bond donors (Lipinski definition) is 0. The molecule has 0 bridgehead atoms. The molecular formula is C20H21NO3S. The van der Waals surface area contributed by atoms with E-state index in [2.05, 4.69) is 0 Å². The highest BCUT2D eigenvalue weighted by Gasteiger charge is 2.28. The zero-order valence-electron chi connectivity index (χ0n) is 14.5. The van der Waals surface area contributed by atoms with E-state index in [1.807, 2.05) is 37.3 Å². The summed E-state index contributed by atoms with van der Waals surface area (Å²) in [5.74, 6) is 0.755. The fourth-order valence-corrected chi connectivity index (χ4v) is 5.30. The summed E-state index contributed by atoms with van der Waals surface area (Å²) >= 11 is 0. The van der Waals surface area contributed by atoms with E-state index in [1.54, 1.807) is 23.2 Å². The second-order valence-electron chi connectivity index (χ2n) is 6.60. The maximum absolute atomic E-state index is 13.4. The largest absolute Gasteiger partial charge is 0.497 e. The zero-order chi connectivity index (χ0) is 17.6. The number of aromatic nitrogens is 1. The summed E-state index contributed by atoms with van der Waals surface area (Å²) in [6.07, 6.45) is 3.81. The molecule has 0 fully saturated rings. The molecule has 0 aliphatic heterocycles. The summed E-state index contributed by atoms with van der Waals surface area (Å²) in [4.78, 5) is 0.333. The molecule has 1 aromatic heterocycles. The molecule has 0 amide bonds. The van der Waals surface area contributed by atoms with Crippen molar-refractivity contribution < 1.29 is 13.2 Å². The normalized spacial score (nSPS) is 14.5.